The van der Waals surface area contributed by atoms with Gasteiger partial charge >= 0.3 is 0 Å². The molecule has 170 valence electrons. The highest BCUT2D eigenvalue weighted by molar-refractivity contribution is 7.12. The third-order valence-corrected chi connectivity index (χ3v) is 7.05. The number of hydrogen-bond acceptors (Lipinski definition) is 5. The monoisotopic (exact) mass is 460 g/mol. The molecule has 33 heavy (non-hydrogen) atoms. The van der Waals surface area contributed by atoms with Crippen molar-refractivity contribution in [2.75, 3.05) is 31.6 Å². The van der Waals surface area contributed by atoms with Crippen LogP contribution in [0.5, 0.6) is 0 Å². The van der Waals surface area contributed by atoms with Crippen molar-refractivity contribution in [3.05, 3.63) is 87.8 Å². The number of nitrogens with one attached hydrogen (secondary N) is 1. The van der Waals surface area contributed by atoms with Crippen LogP contribution in [0, 0.1) is 0 Å². The summed E-state index contributed by atoms with van der Waals surface area (Å²) in [6.07, 6.45) is 0. The van der Waals surface area contributed by atoms with Crippen LogP contribution < -0.4 is 5.32 Å². The Morgan fingerprint density at radius 1 is 0.970 bits per heavy atom. The first-order chi connectivity index (χ1) is 16.1. The van der Waals surface area contributed by atoms with Gasteiger partial charge in [-0.15, -0.1) is 11.3 Å². The normalized spacial score (nSPS) is 15.7. The van der Waals surface area contributed by atoms with Crippen molar-refractivity contribution >= 4 is 33.9 Å². The Balaban J connectivity index is 1.62. The molecule has 1 aliphatic heterocycles. The second-order valence-electron chi connectivity index (χ2n) is 8.64. The molecule has 1 amide bonds. The Morgan fingerprint density at radius 3 is 2.39 bits per heavy atom. The highest BCUT2D eigenvalue weighted by atomic mass is 32.1. The highest BCUT2D eigenvalue weighted by Gasteiger charge is 2.31. The number of carbonyl (C=O) groups excluding carboxylic acids is 1. The number of para-hydroxylation sites is 1. The number of fused-ring (bicyclic) bond motifs is 1. The van der Waals surface area contributed by atoms with E-state index in [1.54, 1.807) is 0 Å². The second kappa shape index (κ2) is 9.51. The first kappa shape index (κ1) is 21.9. The van der Waals surface area contributed by atoms with Crippen molar-refractivity contribution < 1.29 is 13.9 Å². The van der Waals surface area contributed by atoms with E-state index in [0.717, 1.165) is 41.1 Å². The van der Waals surface area contributed by atoms with Crippen molar-refractivity contribution in [3.63, 3.8) is 0 Å². The van der Waals surface area contributed by atoms with Crippen LogP contribution in [-0.2, 0) is 4.74 Å². The molecule has 1 atom stereocenters. The molecule has 6 heteroatoms. The van der Waals surface area contributed by atoms with Gasteiger partial charge in [0.05, 0.1) is 29.8 Å². The summed E-state index contributed by atoms with van der Waals surface area (Å²) in [4.78, 5) is 16.1. The van der Waals surface area contributed by atoms with Gasteiger partial charge in [0.15, 0.2) is 0 Å². The zero-order valence-corrected chi connectivity index (χ0v) is 19.7. The average molecular weight is 461 g/mol. The maximum absolute atomic E-state index is 13.0. The quantitative estimate of drug-likeness (QED) is 0.367. The van der Waals surface area contributed by atoms with Crippen LogP contribution in [0.2, 0.25) is 0 Å². The lowest BCUT2D eigenvalue weighted by Gasteiger charge is -2.34. The molecule has 0 radical (unpaired) electrons. The molecule has 1 aliphatic rings. The number of morpholine rings is 1. The van der Waals surface area contributed by atoms with E-state index in [1.165, 1.54) is 16.9 Å². The smallest absolute Gasteiger partial charge is 0.265 e. The number of amides is 1. The summed E-state index contributed by atoms with van der Waals surface area (Å²) in [5.74, 6) is 1.11. The van der Waals surface area contributed by atoms with Crippen molar-refractivity contribution in [2.24, 2.45) is 0 Å². The lowest BCUT2D eigenvalue weighted by atomic mass is 9.96. The minimum absolute atomic E-state index is 0.117. The summed E-state index contributed by atoms with van der Waals surface area (Å²) in [5.41, 5.74) is 3.96. The van der Waals surface area contributed by atoms with Gasteiger partial charge in [0.25, 0.3) is 5.91 Å². The van der Waals surface area contributed by atoms with Crippen molar-refractivity contribution in [3.8, 4) is 0 Å². The largest absolute Gasteiger partial charge is 0.457 e. The van der Waals surface area contributed by atoms with Crippen LogP contribution in [0.4, 0.5) is 5.69 Å². The maximum Gasteiger partial charge on any atom is 0.265 e. The summed E-state index contributed by atoms with van der Waals surface area (Å²) in [7, 11) is 0. The van der Waals surface area contributed by atoms with Crippen LogP contribution in [0.25, 0.3) is 11.0 Å². The third kappa shape index (κ3) is 4.47. The molecule has 3 heterocycles. The van der Waals surface area contributed by atoms with Crippen LogP contribution in [0.1, 0.15) is 52.4 Å². The molecule has 0 saturated carbocycles. The molecule has 1 N–H and O–H groups in total. The van der Waals surface area contributed by atoms with Gasteiger partial charge in [0.2, 0.25) is 0 Å². The first-order valence-electron chi connectivity index (χ1n) is 11.4. The van der Waals surface area contributed by atoms with Gasteiger partial charge in [0.1, 0.15) is 11.3 Å². The number of anilines is 1. The molecule has 0 bridgehead atoms. The Morgan fingerprint density at radius 2 is 1.70 bits per heavy atom. The molecule has 1 fully saturated rings. The summed E-state index contributed by atoms with van der Waals surface area (Å²) in [5, 5.41) is 6.00. The van der Waals surface area contributed by atoms with E-state index in [4.69, 9.17) is 9.15 Å². The van der Waals surface area contributed by atoms with E-state index in [9.17, 15) is 4.79 Å². The van der Waals surface area contributed by atoms with E-state index < -0.39 is 0 Å². The molecule has 0 spiro atoms. The fourth-order valence-electron chi connectivity index (χ4n) is 4.40. The lowest BCUT2D eigenvalue weighted by molar-refractivity contribution is 0.0206. The van der Waals surface area contributed by atoms with Crippen LogP contribution in [0.15, 0.2) is 70.5 Å². The molecule has 1 saturated heterocycles. The molecule has 2 aromatic heterocycles. The maximum atomic E-state index is 13.0. The van der Waals surface area contributed by atoms with Gasteiger partial charge in [-0.25, -0.2) is 0 Å². The van der Waals surface area contributed by atoms with Gasteiger partial charge in [-0.1, -0.05) is 56.3 Å². The third-order valence-electron chi connectivity index (χ3n) is 6.18. The van der Waals surface area contributed by atoms with Gasteiger partial charge in [-0.2, -0.15) is 0 Å². The van der Waals surface area contributed by atoms with E-state index >= 15 is 0 Å². The Kier molecular flexibility index (Phi) is 6.31. The minimum Gasteiger partial charge on any atom is -0.457 e. The molecular formula is C27H28N2O3S. The minimum atomic E-state index is -0.124. The first-order valence-corrected chi connectivity index (χ1v) is 12.3. The Hall–Kier alpha value is -2.93. The number of benzene rings is 2. The van der Waals surface area contributed by atoms with Crippen molar-refractivity contribution in [1.29, 1.82) is 0 Å². The summed E-state index contributed by atoms with van der Waals surface area (Å²) >= 11 is 1.43. The standard InChI is InChI=1S/C27H28N2O3S/c1-18(2)19-9-11-20(12-10-19)25(29-13-15-31-16-14-29)26-24(21-6-3-4-7-22(21)32-26)28-27(30)23-8-5-17-33-23/h3-12,17-18,25H,13-16H2,1-2H3,(H,28,30)/t25-/m1/s1. The van der Waals surface area contributed by atoms with Crippen LogP contribution in [0.3, 0.4) is 0 Å². The van der Waals surface area contributed by atoms with E-state index in [1.807, 2.05) is 41.8 Å². The summed E-state index contributed by atoms with van der Waals surface area (Å²) in [6, 6.07) is 20.3. The number of nitrogens with zero attached hydrogens (tertiary/aromatic N) is 1. The Bertz CT molecular complexity index is 1220. The molecule has 5 nitrogen and oxygen atoms in total. The molecule has 5 rings (SSSR count). The SMILES string of the molecule is CC(C)c1ccc([C@H](c2oc3ccccc3c2NC(=O)c2cccs2)N2CCOCC2)cc1. The fraction of sp³-hybridized carbons (Fsp3) is 0.296. The molecule has 0 unspecified atom stereocenters. The second-order valence-corrected chi connectivity index (χ2v) is 9.59. The van der Waals surface area contributed by atoms with Gasteiger partial charge in [0, 0.05) is 18.5 Å². The number of hydrogen-bond donors (Lipinski definition) is 1. The lowest BCUT2D eigenvalue weighted by Crippen LogP contribution is -2.39. The molecule has 0 aliphatic carbocycles. The van der Waals surface area contributed by atoms with E-state index in [2.05, 4.69) is 48.3 Å². The predicted molar refractivity (Wildman–Crippen MR) is 133 cm³/mol. The van der Waals surface area contributed by atoms with Gasteiger partial charge in [-0.05, 0) is 40.6 Å². The average Bonchev–Trinajstić information content (AvgIpc) is 3.50. The van der Waals surface area contributed by atoms with Crippen LogP contribution >= 0.6 is 11.3 Å². The van der Waals surface area contributed by atoms with Crippen LogP contribution in [-0.4, -0.2) is 37.1 Å². The number of carbonyl (C=O) groups is 1. The van der Waals surface area contributed by atoms with E-state index in [0.29, 0.717) is 24.0 Å². The summed E-state index contributed by atoms with van der Waals surface area (Å²) in [6.45, 7) is 7.35. The zero-order valence-electron chi connectivity index (χ0n) is 18.9. The van der Waals surface area contributed by atoms with Crippen molar-refractivity contribution in [2.45, 2.75) is 25.8 Å². The number of ether oxygens (including phenoxy) is 1. The van der Waals surface area contributed by atoms with E-state index in [-0.39, 0.29) is 11.9 Å². The number of thiophene rings is 1. The molecule has 4 aromatic rings. The number of rotatable bonds is 6. The van der Waals surface area contributed by atoms with Crippen molar-refractivity contribution in [1.82, 2.24) is 4.90 Å². The van der Waals surface area contributed by atoms with Gasteiger partial charge < -0.3 is 14.5 Å². The highest BCUT2D eigenvalue weighted by Crippen LogP contribution is 2.41. The van der Waals surface area contributed by atoms with Gasteiger partial charge in [-0.3, -0.25) is 9.69 Å². The Labute approximate surface area is 198 Å². The fourth-order valence-corrected chi connectivity index (χ4v) is 5.01. The zero-order chi connectivity index (χ0) is 22.8. The number of furan rings is 1. The molecule has 2 aromatic carbocycles. The topological polar surface area (TPSA) is 54.7 Å². The molecular weight excluding hydrogens is 432 g/mol. The summed E-state index contributed by atoms with van der Waals surface area (Å²) < 4.78 is 12.1. The predicted octanol–water partition coefficient (Wildman–Crippen LogP) is 6.29.